The number of aromatic nitrogens is 2. The number of carbonyl (C=O) groups is 1. The molecule has 0 aliphatic heterocycles. The Bertz CT molecular complexity index is 1010. The van der Waals surface area contributed by atoms with E-state index in [-0.39, 0.29) is 5.91 Å². The number of rotatable bonds is 6. The van der Waals surface area contributed by atoms with Gasteiger partial charge in [-0.2, -0.15) is 0 Å². The van der Waals surface area contributed by atoms with Crippen molar-refractivity contribution in [2.45, 2.75) is 20.4 Å². The van der Waals surface area contributed by atoms with Crippen LogP contribution >= 0.6 is 11.6 Å². The van der Waals surface area contributed by atoms with Crippen LogP contribution in [-0.4, -0.2) is 23.0 Å². The normalized spacial score (nSPS) is 10.4. The lowest BCUT2D eigenvalue weighted by molar-refractivity contribution is 0.0945. The third kappa shape index (κ3) is 4.98. The van der Waals surface area contributed by atoms with E-state index in [0.29, 0.717) is 34.7 Å². The Morgan fingerprint density at radius 2 is 1.93 bits per heavy atom. The summed E-state index contributed by atoms with van der Waals surface area (Å²) in [5.74, 6) is 1.32. The highest BCUT2D eigenvalue weighted by Crippen LogP contribution is 2.28. The van der Waals surface area contributed by atoms with Gasteiger partial charge in [-0.15, -0.1) is 0 Å². The van der Waals surface area contributed by atoms with Crippen molar-refractivity contribution in [3.8, 4) is 5.75 Å². The van der Waals surface area contributed by atoms with Gasteiger partial charge in [0, 0.05) is 18.3 Å². The molecule has 1 amide bonds. The van der Waals surface area contributed by atoms with Gasteiger partial charge in [-0.25, -0.2) is 9.97 Å². The van der Waals surface area contributed by atoms with E-state index in [0.717, 1.165) is 16.8 Å². The number of benzene rings is 2. The number of anilines is 2. The number of carbonyl (C=O) groups excluding carboxylic acids is 1. The van der Waals surface area contributed by atoms with Gasteiger partial charge < -0.3 is 15.4 Å². The summed E-state index contributed by atoms with van der Waals surface area (Å²) in [7, 11) is 1.56. The predicted molar refractivity (Wildman–Crippen MR) is 110 cm³/mol. The molecule has 0 spiro atoms. The minimum Gasteiger partial charge on any atom is -0.495 e. The van der Waals surface area contributed by atoms with Crippen LogP contribution in [-0.2, 0) is 6.54 Å². The highest BCUT2D eigenvalue weighted by Gasteiger charge is 2.11. The molecule has 0 radical (unpaired) electrons. The molecule has 144 valence electrons. The van der Waals surface area contributed by atoms with Gasteiger partial charge in [0.05, 0.1) is 12.1 Å². The van der Waals surface area contributed by atoms with E-state index in [1.807, 2.05) is 37.3 Å². The van der Waals surface area contributed by atoms with Gasteiger partial charge >= 0.3 is 0 Å². The maximum absolute atomic E-state index is 12.5. The molecule has 0 fully saturated rings. The van der Waals surface area contributed by atoms with E-state index in [1.165, 1.54) is 0 Å². The van der Waals surface area contributed by atoms with E-state index in [2.05, 4.69) is 20.6 Å². The maximum atomic E-state index is 12.5. The highest BCUT2D eigenvalue weighted by atomic mass is 35.5. The topological polar surface area (TPSA) is 76.1 Å². The Labute approximate surface area is 168 Å². The molecular formula is C21H21ClN4O2. The zero-order chi connectivity index (χ0) is 20.1. The highest BCUT2D eigenvalue weighted by molar-refractivity contribution is 6.32. The summed E-state index contributed by atoms with van der Waals surface area (Å²) in [6.07, 6.45) is 0. The molecule has 28 heavy (non-hydrogen) atoms. The van der Waals surface area contributed by atoms with E-state index in [1.54, 1.807) is 32.2 Å². The number of hydrogen-bond acceptors (Lipinski definition) is 5. The number of ether oxygens (including phenoxy) is 1. The maximum Gasteiger partial charge on any atom is 0.270 e. The van der Waals surface area contributed by atoms with Gasteiger partial charge in [0.1, 0.15) is 23.1 Å². The van der Waals surface area contributed by atoms with Gasteiger partial charge in [-0.3, -0.25) is 4.79 Å². The average molecular weight is 397 g/mol. The molecule has 3 rings (SSSR count). The molecule has 3 aromatic rings. The Morgan fingerprint density at radius 3 is 2.64 bits per heavy atom. The third-order valence-corrected chi connectivity index (χ3v) is 4.33. The molecule has 0 saturated carbocycles. The van der Waals surface area contributed by atoms with Crippen LogP contribution in [0.1, 0.15) is 27.4 Å². The summed E-state index contributed by atoms with van der Waals surface area (Å²) in [5, 5.41) is 6.51. The number of amides is 1. The first-order chi connectivity index (χ1) is 13.4. The Kier molecular flexibility index (Phi) is 6.11. The first-order valence-electron chi connectivity index (χ1n) is 8.74. The summed E-state index contributed by atoms with van der Waals surface area (Å²) in [5.41, 5.74) is 3.21. The summed E-state index contributed by atoms with van der Waals surface area (Å²) in [4.78, 5) is 21.1. The molecule has 0 bridgehead atoms. The predicted octanol–water partition coefficient (Wildman–Crippen LogP) is 4.43. The first-order valence-corrected chi connectivity index (χ1v) is 9.12. The molecule has 0 unspecified atom stereocenters. The minimum absolute atomic E-state index is 0.261. The number of nitrogens with zero attached hydrogens (tertiary/aromatic N) is 2. The van der Waals surface area contributed by atoms with Crippen molar-refractivity contribution in [2.24, 2.45) is 0 Å². The quantitative estimate of drug-likeness (QED) is 0.644. The fraction of sp³-hybridized carbons (Fsp3) is 0.190. The van der Waals surface area contributed by atoms with Gasteiger partial charge in [-0.05, 0) is 37.6 Å². The Morgan fingerprint density at radius 1 is 1.11 bits per heavy atom. The van der Waals surface area contributed by atoms with Gasteiger partial charge in [-0.1, -0.05) is 41.4 Å². The SMILES string of the molecule is COc1ccc(Nc2cc(C(=O)NCc3cccc(C)c3)nc(C)n2)cc1Cl. The van der Waals surface area contributed by atoms with E-state index in [4.69, 9.17) is 16.3 Å². The Hall–Kier alpha value is -3.12. The summed E-state index contributed by atoms with van der Waals surface area (Å²) >= 11 is 6.16. The number of aryl methyl sites for hydroxylation is 2. The number of hydrogen-bond donors (Lipinski definition) is 2. The monoisotopic (exact) mass is 396 g/mol. The molecule has 0 atom stereocenters. The molecule has 0 saturated heterocycles. The molecule has 7 heteroatoms. The van der Waals surface area contributed by atoms with E-state index < -0.39 is 0 Å². The van der Waals surface area contributed by atoms with Crippen LogP contribution in [0.25, 0.3) is 0 Å². The van der Waals surface area contributed by atoms with Crippen LogP contribution in [0.5, 0.6) is 5.75 Å². The minimum atomic E-state index is -0.261. The zero-order valence-electron chi connectivity index (χ0n) is 15.9. The molecule has 1 aromatic heterocycles. The lowest BCUT2D eigenvalue weighted by Gasteiger charge is -2.11. The average Bonchev–Trinajstić information content (AvgIpc) is 2.66. The van der Waals surface area contributed by atoms with Crippen LogP contribution in [0, 0.1) is 13.8 Å². The second-order valence-electron chi connectivity index (χ2n) is 6.33. The van der Waals surface area contributed by atoms with Crippen LogP contribution in [0.15, 0.2) is 48.5 Å². The second kappa shape index (κ2) is 8.71. The van der Waals surface area contributed by atoms with Crippen LogP contribution in [0.3, 0.4) is 0 Å². The zero-order valence-corrected chi connectivity index (χ0v) is 16.7. The molecule has 1 heterocycles. The van der Waals surface area contributed by atoms with Crippen molar-refractivity contribution >= 4 is 29.0 Å². The fourth-order valence-corrected chi connectivity index (χ4v) is 2.99. The molecule has 0 aliphatic rings. The van der Waals surface area contributed by atoms with Crippen LogP contribution < -0.4 is 15.4 Å². The van der Waals surface area contributed by atoms with Crippen LogP contribution in [0.4, 0.5) is 11.5 Å². The fourth-order valence-electron chi connectivity index (χ4n) is 2.74. The van der Waals surface area contributed by atoms with Gasteiger partial charge in [0.25, 0.3) is 5.91 Å². The molecule has 0 aliphatic carbocycles. The largest absolute Gasteiger partial charge is 0.495 e. The van der Waals surface area contributed by atoms with Crippen LogP contribution in [0.2, 0.25) is 5.02 Å². The van der Waals surface area contributed by atoms with Crippen molar-refractivity contribution in [1.29, 1.82) is 0 Å². The lowest BCUT2D eigenvalue weighted by atomic mass is 10.1. The first kappa shape index (κ1) is 19.6. The van der Waals surface area contributed by atoms with E-state index >= 15 is 0 Å². The molecule has 2 N–H and O–H groups in total. The summed E-state index contributed by atoms with van der Waals surface area (Å²) < 4.78 is 5.15. The molecule has 2 aromatic carbocycles. The Balaban J connectivity index is 1.73. The lowest BCUT2D eigenvalue weighted by Crippen LogP contribution is -2.24. The second-order valence-corrected chi connectivity index (χ2v) is 6.74. The van der Waals surface area contributed by atoms with Crippen molar-refractivity contribution < 1.29 is 9.53 Å². The third-order valence-electron chi connectivity index (χ3n) is 4.03. The smallest absolute Gasteiger partial charge is 0.270 e. The van der Waals surface area contributed by atoms with Crippen molar-refractivity contribution in [3.63, 3.8) is 0 Å². The van der Waals surface area contributed by atoms with Gasteiger partial charge in [0.15, 0.2) is 0 Å². The number of nitrogens with one attached hydrogen (secondary N) is 2. The van der Waals surface area contributed by atoms with Gasteiger partial charge in [0.2, 0.25) is 0 Å². The van der Waals surface area contributed by atoms with Crippen molar-refractivity contribution in [3.05, 3.63) is 76.2 Å². The molecular weight excluding hydrogens is 376 g/mol. The summed E-state index contributed by atoms with van der Waals surface area (Å²) in [6.45, 7) is 4.19. The van der Waals surface area contributed by atoms with Crippen molar-refractivity contribution in [2.75, 3.05) is 12.4 Å². The van der Waals surface area contributed by atoms with Crippen molar-refractivity contribution in [1.82, 2.24) is 15.3 Å². The molecule has 6 nitrogen and oxygen atoms in total. The standard InChI is InChI=1S/C21H21ClN4O2/c1-13-5-4-6-15(9-13)12-23-21(27)18-11-20(25-14(2)24-18)26-16-7-8-19(28-3)17(22)10-16/h4-11H,12H2,1-3H3,(H,23,27)(H,24,25,26). The van der Waals surface area contributed by atoms with E-state index in [9.17, 15) is 4.79 Å². The number of methoxy groups -OCH3 is 1. The number of halogens is 1. The summed E-state index contributed by atoms with van der Waals surface area (Å²) in [6, 6.07) is 14.9.